The third-order valence-electron chi connectivity index (χ3n) is 5.30. The fourth-order valence-electron chi connectivity index (χ4n) is 3.39. The summed E-state index contributed by atoms with van der Waals surface area (Å²) in [5.41, 5.74) is 0.196. The predicted molar refractivity (Wildman–Crippen MR) is 101 cm³/mol. The van der Waals surface area contributed by atoms with Gasteiger partial charge in [-0.2, -0.15) is 0 Å². The van der Waals surface area contributed by atoms with Crippen molar-refractivity contribution in [2.45, 2.75) is 31.8 Å². The van der Waals surface area contributed by atoms with Crippen LogP contribution in [0.15, 0.2) is 39.5 Å². The Kier molecular flexibility index (Phi) is 4.70. The summed E-state index contributed by atoms with van der Waals surface area (Å²) in [6.07, 6.45) is 2.13. The van der Waals surface area contributed by atoms with Gasteiger partial charge in [0.05, 0.1) is 11.4 Å². The Morgan fingerprint density at radius 1 is 1.15 bits per heavy atom. The van der Waals surface area contributed by atoms with Crippen LogP contribution in [0.4, 0.5) is 0 Å². The molecule has 0 radical (unpaired) electrons. The van der Waals surface area contributed by atoms with Gasteiger partial charge in [0.15, 0.2) is 11.2 Å². The van der Waals surface area contributed by atoms with Gasteiger partial charge in [0.1, 0.15) is 5.58 Å². The van der Waals surface area contributed by atoms with Crippen molar-refractivity contribution in [3.8, 4) is 0 Å². The fraction of sp³-hybridized carbons (Fsp3) is 0.450. The van der Waals surface area contributed by atoms with Crippen molar-refractivity contribution in [2.75, 3.05) is 26.2 Å². The van der Waals surface area contributed by atoms with Crippen molar-refractivity contribution in [3.05, 3.63) is 46.3 Å². The molecule has 1 saturated carbocycles. The third kappa shape index (κ3) is 3.73. The van der Waals surface area contributed by atoms with E-state index in [1.807, 2.05) is 6.92 Å². The van der Waals surface area contributed by atoms with E-state index in [1.54, 1.807) is 29.2 Å². The van der Waals surface area contributed by atoms with Crippen LogP contribution < -0.4 is 10.7 Å². The average molecular weight is 369 g/mol. The molecule has 2 heterocycles. The van der Waals surface area contributed by atoms with Crippen molar-refractivity contribution >= 4 is 22.8 Å². The van der Waals surface area contributed by atoms with E-state index in [0.717, 1.165) is 12.8 Å². The Bertz CT molecular complexity index is 926. The zero-order valence-corrected chi connectivity index (χ0v) is 15.3. The Hall–Kier alpha value is -2.67. The number of rotatable bonds is 4. The minimum absolute atomic E-state index is 0.0535. The van der Waals surface area contributed by atoms with Crippen LogP contribution in [0.3, 0.4) is 0 Å². The summed E-state index contributed by atoms with van der Waals surface area (Å²) < 4.78 is 5.65. The number of hydrogen-bond acceptors (Lipinski definition) is 5. The lowest BCUT2D eigenvalue weighted by Crippen LogP contribution is -2.55. The highest BCUT2D eigenvalue weighted by Crippen LogP contribution is 2.19. The highest BCUT2D eigenvalue weighted by Gasteiger charge is 2.31. The van der Waals surface area contributed by atoms with Crippen molar-refractivity contribution in [3.63, 3.8) is 0 Å². The Morgan fingerprint density at radius 3 is 2.56 bits per heavy atom. The zero-order chi connectivity index (χ0) is 19.0. The number of fused-ring (bicyclic) bond motifs is 1. The molecule has 7 nitrogen and oxygen atoms in total. The summed E-state index contributed by atoms with van der Waals surface area (Å²) in [5, 5.41) is 3.49. The van der Waals surface area contributed by atoms with Crippen molar-refractivity contribution < 1.29 is 14.0 Å². The molecule has 1 N–H and O–H groups in total. The van der Waals surface area contributed by atoms with Crippen molar-refractivity contribution in [1.82, 2.24) is 15.1 Å². The maximum absolute atomic E-state index is 12.8. The van der Waals surface area contributed by atoms with Crippen LogP contribution in [0, 0.1) is 0 Å². The van der Waals surface area contributed by atoms with Gasteiger partial charge in [0.25, 0.3) is 5.91 Å². The molecule has 1 saturated heterocycles. The maximum Gasteiger partial charge on any atom is 0.289 e. The topological polar surface area (TPSA) is 82.9 Å². The minimum Gasteiger partial charge on any atom is -0.451 e. The Balaban J connectivity index is 1.41. The molecule has 2 amide bonds. The second kappa shape index (κ2) is 7.15. The quantitative estimate of drug-likeness (QED) is 0.876. The molecule has 1 aromatic heterocycles. The lowest BCUT2D eigenvalue weighted by molar-refractivity contribution is -0.126. The number of nitrogens with one attached hydrogen (secondary N) is 1. The summed E-state index contributed by atoms with van der Waals surface area (Å²) in [6.45, 7) is 4.12. The number of amides is 2. The number of hydrogen-bond donors (Lipinski definition) is 1. The molecule has 1 aromatic carbocycles. The lowest BCUT2D eigenvalue weighted by Gasteiger charge is -2.37. The Morgan fingerprint density at radius 2 is 1.85 bits per heavy atom. The van der Waals surface area contributed by atoms with Gasteiger partial charge in [-0.25, -0.2) is 0 Å². The van der Waals surface area contributed by atoms with E-state index in [0.29, 0.717) is 43.2 Å². The first-order valence-corrected chi connectivity index (χ1v) is 9.39. The van der Waals surface area contributed by atoms with E-state index in [-0.39, 0.29) is 29.0 Å². The van der Waals surface area contributed by atoms with Crippen LogP contribution >= 0.6 is 0 Å². The largest absolute Gasteiger partial charge is 0.451 e. The smallest absolute Gasteiger partial charge is 0.289 e. The van der Waals surface area contributed by atoms with Gasteiger partial charge in [-0.1, -0.05) is 12.1 Å². The summed E-state index contributed by atoms with van der Waals surface area (Å²) in [5.74, 6) is -0.169. The standard InChI is InChI=1S/C20H23N3O4/c1-13(19(25)21-14-6-7-14)22-8-10-23(11-9-22)20(26)18-12-16(24)15-4-2-3-5-17(15)27-18/h2-5,12-14H,6-11H2,1H3,(H,21,25). The monoisotopic (exact) mass is 369 g/mol. The first-order chi connectivity index (χ1) is 13.0. The normalized spacial score (nSPS) is 19.1. The molecule has 2 fully saturated rings. The number of piperazine rings is 1. The van der Waals surface area contributed by atoms with Gasteiger partial charge < -0.3 is 14.6 Å². The average Bonchev–Trinajstić information content (AvgIpc) is 3.51. The molecule has 1 aliphatic heterocycles. The molecule has 2 aromatic rings. The summed E-state index contributed by atoms with van der Waals surface area (Å²) >= 11 is 0. The van der Waals surface area contributed by atoms with Crippen LogP contribution in [0.2, 0.25) is 0 Å². The zero-order valence-electron chi connectivity index (χ0n) is 15.3. The number of para-hydroxylation sites is 1. The van der Waals surface area contributed by atoms with Gasteiger partial charge in [0, 0.05) is 38.3 Å². The molecular weight excluding hydrogens is 346 g/mol. The molecule has 27 heavy (non-hydrogen) atoms. The number of carbonyl (C=O) groups excluding carboxylic acids is 2. The molecule has 0 spiro atoms. The second-order valence-corrected chi connectivity index (χ2v) is 7.26. The van der Waals surface area contributed by atoms with Crippen LogP contribution in [0.1, 0.15) is 30.3 Å². The van der Waals surface area contributed by atoms with E-state index < -0.39 is 0 Å². The van der Waals surface area contributed by atoms with E-state index >= 15 is 0 Å². The van der Waals surface area contributed by atoms with Crippen LogP contribution in [0.5, 0.6) is 0 Å². The van der Waals surface area contributed by atoms with E-state index in [4.69, 9.17) is 4.42 Å². The van der Waals surface area contributed by atoms with E-state index in [2.05, 4.69) is 10.2 Å². The molecule has 1 aliphatic carbocycles. The molecule has 1 atom stereocenters. The lowest BCUT2D eigenvalue weighted by atomic mass is 10.2. The minimum atomic E-state index is -0.285. The summed E-state index contributed by atoms with van der Waals surface area (Å²) in [7, 11) is 0. The molecular formula is C20H23N3O4. The third-order valence-corrected chi connectivity index (χ3v) is 5.30. The highest BCUT2D eigenvalue weighted by molar-refractivity contribution is 5.93. The van der Waals surface area contributed by atoms with Gasteiger partial charge in [0.2, 0.25) is 5.91 Å². The van der Waals surface area contributed by atoms with Gasteiger partial charge in [-0.05, 0) is 31.9 Å². The molecule has 2 aliphatic rings. The summed E-state index contributed by atoms with van der Waals surface area (Å²) in [4.78, 5) is 40.9. The van der Waals surface area contributed by atoms with Gasteiger partial charge >= 0.3 is 0 Å². The van der Waals surface area contributed by atoms with Crippen LogP contribution in [0.25, 0.3) is 11.0 Å². The molecule has 0 bridgehead atoms. The predicted octanol–water partition coefficient (Wildman–Crippen LogP) is 1.22. The van der Waals surface area contributed by atoms with Crippen molar-refractivity contribution in [1.29, 1.82) is 0 Å². The fourth-order valence-corrected chi connectivity index (χ4v) is 3.39. The molecule has 142 valence electrons. The second-order valence-electron chi connectivity index (χ2n) is 7.26. The van der Waals surface area contributed by atoms with Gasteiger partial charge in [-0.15, -0.1) is 0 Å². The number of benzene rings is 1. The first kappa shape index (κ1) is 17.7. The maximum atomic E-state index is 12.8. The highest BCUT2D eigenvalue weighted by atomic mass is 16.3. The molecule has 1 unspecified atom stereocenters. The SMILES string of the molecule is CC(C(=O)NC1CC1)N1CCN(C(=O)c2cc(=O)c3ccccc3o2)CC1. The number of carbonyl (C=O) groups is 2. The van der Waals surface area contributed by atoms with Gasteiger partial charge in [-0.3, -0.25) is 19.3 Å². The van der Waals surface area contributed by atoms with Crippen molar-refractivity contribution in [2.24, 2.45) is 0 Å². The van der Waals surface area contributed by atoms with E-state index in [9.17, 15) is 14.4 Å². The number of nitrogens with zero attached hydrogens (tertiary/aromatic N) is 2. The van der Waals surface area contributed by atoms with E-state index in [1.165, 1.54) is 6.07 Å². The first-order valence-electron chi connectivity index (χ1n) is 9.39. The molecule has 7 heteroatoms. The Labute approximate surface area is 156 Å². The van der Waals surface area contributed by atoms with Crippen LogP contribution in [-0.4, -0.2) is 59.9 Å². The van der Waals surface area contributed by atoms with Crippen LogP contribution in [-0.2, 0) is 4.79 Å². The summed E-state index contributed by atoms with van der Waals surface area (Å²) in [6, 6.07) is 8.31. The molecule has 4 rings (SSSR count).